The van der Waals surface area contributed by atoms with E-state index in [1.54, 1.807) is 19.5 Å². The van der Waals surface area contributed by atoms with Crippen LogP contribution in [-0.2, 0) is 7.05 Å². The maximum absolute atomic E-state index is 12.0. The molecule has 2 rings (SSSR count). The van der Waals surface area contributed by atoms with Crippen LogP contribution in [0.15, 0.2) is 40.0 Å². The van der Waals surface area contributed by atoms with Crippen molar-refractivity contribution in [2.75, 3.05) is 6.61 Å². The third kappa shape index (κ3) is 3.69. The standard InChI is InChI=1S/C14H15BrN4O2/c1-3-21-12-7-5-4-6-10(12)8-16-18-14(20)13-11(15)9-17-19(13)2/h4-9H,3H2,1-2H3,(H,18,20)/b16-8-. The number of rotatable bonds is 5. The molecule has 1 heterocycles. The summed E-state index contributed by atoms with van der Waals surface area (Å²) >= 11 is 3.27. The summed E-state index contributed by atoms with van der Waals surface area (Å²) in [4.78, 5) is 12.0. The molecule has 1 aromatic carbocycles. The number of nitrogens with one attached hydrogen (secondary N) is 1. The van der Waals surface area contributed by atoms with E-state index >= 15 is 0 Å². The van der Waals surface area contributed by atoms with Gasteiger partial charge in [0.1, 0.15) is 11.4 Å². The Bertz CT molecular complexity index is 647. The molecule has 0 aliphatic carbocycles. The lowest BCUT2D eigenvalue weighted by Crippen LogP contribution is -2.21. The number of hydrogen-bond donors (Lipinski definition) is 1. The Labute approximate surface area is 130 Å². The van der Waals surface area contributed by atoms with Gasteiger partial charge in [-0.15, -0.1) is 0 Å². The molecule has 0 fully saturated rings. The molecule has 0 saturated carbocycles. The Morgan fingerprint density at radius 1 is 1.52 bits per heavy atom. The molecular weight excluding hydrogens is 336 g/mol. The Morgan fingerprint density at radius 3 is 2.95 bits per heavy atom. The lowest BCUT2D eigenvalue weighted by atomic mass is 10.2. The van der Waals surface area contributed by atoms with Crippen molar-refractivity contribution < 1.29 is 9.53 Å². The van der Waals surface area contributed by atoms with E-state index in [0.717, 1.165) is 11.3 Å². The Morgan fingerprint density at radius 2 is 2.29 bits per heavy atom. The number of para-hydroxylation sites is 1. The summed E-state index contributed by atoms with van der Waals surface area (Å²) in [6.07, 6.45) is 3.11. The fraction of sp³-hybridized carbons (Fsp3) is 0.214. The number of amides is 1. The van der Waals surface area contributed by atoms with Gasteiger partial charge in [0.2, 0.25) is 0 Å². The number of halogens is 1. The third-order valence-electron chi connectivity index (χ3n) is 2.70. The molecule has 110 valence electrons. The molecule has 2 aromatic rings. The molecule has 1 N–H and O–H groups in total. The van der Waals surface area contributed by atoms with Gasteiger partial charge in [0.25, 0.3) is 5.91 Å². The van der Waals surface area contributed by atoms with Gasteiger partial charge in [0, 0.05) is 12.6 Å². The summed E-state index contributed by atoms with van der Waals surface area (Å²) in [5.74, 6) is 0.381. The predicted molar refractivity (Wildman–Crippen MR) is 83.6 cm³/mol. The van der Waals surface area contributed by atoms with Crippen molar-refractivity contribution >= 4 is 28.1 Å². The molecule has 7 heteroatoms. The first kappa shape index (κ1) is 15.2. The Hall–Kier alpha value is -2.15. The minimum Gasteiger partial charge on any atom is -0.493 e. The van der Waals surface area contributed by atoms with Gasteiger partial charge in [0.15, 0.2) is 0 Å². The van der Waals surface area contributed by atoms with Crippen LogP contribution < -0.4 is 10.2 Å². The van der Waals surface area contributed by atoms with E-state index in [2.05, 4.69) is 31.6 Å². The zero-order valence-corrected chi connectivity index (χ0v) is 13.3. The predicted octanol–water partition coefficient (Wildman–Crippen LogP) is 2.35. The van der Waals surface area contributed by atoms with Crippen LogP contribution in [-0.4, -0.2) is 28.5 Å². The highest BCUT2D eigenvalue weighted by Gasteiger charge is 2.14. The number of aromatic nitrogens is 2. The van der Waals surface area contributed by atoms with Crippen molar-refractivity contribution in [1.82, 2.24) is 15.2 Å². The number of nitrogens with zero attached hydrogens (tertiary/aromatic N) is 3. The SMILES string of the molecule is CCOc1ccccc1/C=N\NC(=O)c1c(Br)cnn1C. The van der Waals surface area contributed by atoms with Crippen LogP contribution in [0.1, 0.15) is 23.0 Å². The highest BCUT2D eigenvalue weighted by Crippen LogP contribution is 2.16. The molecule has 21 heavy (non-hydrogen) atoms. The first-order valence-corrected chi connectivity index (χ1v) is 7.15. The first-order chi connectivity index (χ1) is 10.1. The van der Waals surface area contributed by atoms with Gasteiger partial charge in [-0.3, -0.25) is 9.48 Å². The van der Waals surface area contributed by atoms with E-state index in [9.17, 15) is 4.79 Å². The van der Waals surface area contributed by atoms with Crippen molar-refractivity contribution in [2.24, 2.45) is 12.1 Å². The van der Waals surface area contributed by atoms with Gasteiger partial charge < -0.3 is 4.74 Å². The molecule has 0 spiro atoms. The van der Waals surface area contributed by atoms with Crippen LogP contribution in [0.2, 0.25) is 0 Å². The second-order valence-electron chi connectivity index (χ2n) is 4.13. The number of benzene rings is 1. The highest BCUT2D eigenvalue weighted by atomic mass is 79.9. The second kappa shape index (κ2) is 7.03. The summed E-state index contributed by atoms with van der Waals surface area (Å²) in [5.41, 5.74) is 3.67. The van der Waals surface area contributed by atoms with Gasteiger partial charge in [-0.1, -0.05) is 12.1 Å². The summed E-state index contributed by atoms with van der Waals surface area (Å²) in [6.45, 7) is 2.48. The summed E-state index contributed by atoms with van der Waals surface area (Å²) in [7, 11) is 1.69. The van der Waals surface area contributed by atoms with E-state index in [0.29, 0.717) is 16.8 Å². The summed E-state index contributed by atoms with van der Waals surface area (Å²) < 4.78 is 7.57. The molecule has 1 amide bonds. The largest absolute Gasteiger partial charge is 0.493 e. The molecule has 6 nitrogen and oxygen atoms in total. The Balaban J connectivity index is 2.08. The van der Waals surface area contributed by atoms with E-state index in [1.165, 1.54) is 4.68 Å². The van der Waals surface area contributed by atoms with Crippen LogP contribution >= 0.6 is 15.9 Å². The highest BCUT2D eigenvalue weighted by molar-refractivity contribution is 9.10. The van der Waals surface area contributed by atoms with Crippen LogP contribution in [0.5, 0.6) is 5.75 Å². The molecular formula is C14H15BrN4O2. The minimum atomic E-state index is -0.341. The third-order valence-corrected chi connectivity index (χ3v) is 3.28. The minimum absolute atomic E-state index is 0.341. The van der Waals surface area contributed by atoms with Crippen LogP contribution in [0.3, 0.4) is 0 Å². The summed E-state index contributed by atoms with van der Waals surface area (Å²) in [6, 6.07) is 7.47. The van der Waals surface area contributed by atoms with Crippen molar-refractivity contribution in [3.63, 3.8) is 0 Å². The normalized spacial score (nSPS) is 10.8. The zero-order chi connectivity index (χ0) is 15.2. The number of hydrogen-bond acceptors (Lipinski definition) is 4. The average Bonchev–Trinajstić information content (AvgIpc) is 2.80. The maximum Gasteiger partial charge on any atom is 0.290 e. The van der Waals surface area contributed by atoms with Crippen molar-refractivity contribution in [2.45, 2.75) is 6.92 Å². The number of hydrazone groups is 1. The summed E-state index contributed by atoms with van der Waals surface area (Å²) in [5, 5.41) is 7.94. The smallest absolute Gasteiger partial charge is 0.290 e. The van der Waals surface area contributed by atoms with E-state index in [-0.39, 0.29) is 5.91 Å². The molecule has 0 bridgehead atoms. The van der Waals surface area contributed by atoms with Crippen molar-refractivity contribution in [1.29, 1.82) is 0 Å². The molecule has 0 radical (unpaired) electrons. The molecule has 0 atom stereocenters. The first-order valence-electron chi connectivity index (χ1n) is 6.36. The fourth-order valence-electron chi connectivity index (χ4n) is 1.75. The molecule has 0 unspecified atom stereocenters. The van der Waals surface area contributed by atoms with Gasteiger partial charge in [0.05, 0.1) is 23.5 Å². The monoisotopic (exact) mass is 350 g/mol. The number of carbonyl (C=O) groups excluding carboxylic acids is 1. The van der Waals surface area contributed by atoms with Gasteiger partial charge in [-0.25, -0.2) is 5.43 Å². The Kier molecular flexibility index (Phi) is 5.10. The van der Waals surface area contributed by atoms with Crippen molar-refractivity contribution in [3.8, 4) is 5.75 Å². The quantitative estimate of drug-likeness (QED) is 0.664. The van der Waals surface area contributed by atoms with E-state index in [4.69, 9.17) is 4.74 Å². The van der Waals surface area contributed by atoms with Gasteiger partial charge in [-0.2, -0.15) is 10.2 Å². The number of carbonyl (C=O) groups is 1. The number of ether oxygens (including phenoxy) is 1. The molecule has 0 aliphatic heterocycles. The number of aryl methyl sites for hydroxylation is 1. The lowest BCUT2D eigenvalue weighted by Gasteiger charge is -2.06. The zero-order valence-electron chi connectivity index (χ0n) is 11.7. The molecule has 0 saturated heterocycles. The van der Waals surface area contributed by atoms with Crippen LogP contribution in [0.4, 0.5) is 0 Å². The topological polar surface area (TPSA) is 68.5 Å². The van der Waals surface area contributed by atoms with Gasteiger partial charge in [-0.05, 0) is 35.0 Å². The van der Waals surface area contributed by atoms with E-state index < -0.39 is 0 Å². The lowest BCUT2D eigenvalue weighted by molar-refractivity contribution is 0.0945. The molecule has 0 aliphatic rings. The van der Waals surface area contributed by atoms with Gasteiger partial charge >= 0.3 is 0 Å². The van der Waals surface area contributed by atoms with Crippen LogP contribution in [0.25, 0.3) is 0 Å². The average molecular weight is 351 g/mol. The fourth-order valence-corrected chi connectivity index (χ4v) is 2.28. The second-order valence-corrected chi connectivity index (χ2v) is 4.99. The van der Waals surface area contributed by atoms with Crippen LogP contribution in [0, 0.1) is 0 Å². The van der Waals surface area contributed by atoms with Crippen molar-refractivity contribution in [3.05, 3.63) is 46.2 Å². The molecule has 1 aromatic heterocycles. The van der Waals surface area contributed by atoms with E-state index in [1.807, 2.05) is 31.2 Å². The maximum atomic E-state index is 12.0.